The summed E-state index contributed by atoms with van der Waals surface area (Å²) in [7, 11) is -3.74. The molecule has 1 aromatic carbocycles. The lowest BCUT2D eigenvalue weighted by molar-refractivity contribution is 0.598. The van der Waals surface area contributed by atoms with Crippen LogP contribution in [0.3, 0.4) is 0 Å². The first kappa shape index (κ1) is 15.3. The monoisotopic (exact) mass is 330 g/mol. The summed E-state index contributed by atoms with van der Waals surface area (Å²) in [5.74, 6) is 0. The Bertz CT molecular complexity index is 726. The van der Waals surface area contributed by atoms with Gasteiger partial charge in [-0.15, -0.1) is 11.3 Å². The van der Waals surface area contributed by atoms with E-state index in [4.69, 9.17) is 16.7 Å². The van der Waals surface area contributed by atoms with E-state index in [0.29, 0.717) is 10.7 Å². The van der Waals surface area contributed by atoms with Gasteiger partial charge in [-0.2, -0.15) is 0 Å². The van der Waals surface area contributed by atoms with Crippen LogP contribution in [0.2, 0.25) is 5.02 Å². The molecule has 0 aliphatic rings. The third-order valence-corrected chi connectivity index (χ3v) is 5.38. The number of rotatable bonds is 4. The molecule has 1 aromatic heterocycles. The molecule has 2 aromatic rings. The molecule has 0 aliphatic heterocycles. The largest absolute Gasteiger partial charge is 0.376 e. The highest BCUT2D eigenvalue weighted by Gasteiger charge is 2.14. The molecule has 1 unspecified atom stereocenters. The molecule has 0 bridgehead atoms. The lowest BCUT2D eigenvalue weighted by Gasteiger charge is -2.16. The van der Waals surface area contributed by atoms with Crippen molar-refractivity contribution in [1.82, 2.24) is 0 Å². The van der Waals surface area contributed by atoms with Crippen LogP contribution in [0.15, 0.2) is 34.5 Å². The Labute approximate surface area is 127 Å². The number of thiophene rings is 1. The Morgan fingerprint density at radius 1 is 1.35 bits per heavy atom. The van der Waals surface area contributed by atoms with Gasteiger partial charge in [0, 0.05) is 4.88 Å². The van der Waals surface area contributed by atoms with Gasteiger partial charge in [-0.3, -0.25) is 0 Å². The van der Waals surface area contributed by atoms with Crippen LogP contribution < -0.4 is 10.5 Å². The van der Waals surface area contributed by atoms with E-state index in [1.54, 1.807) is 11.3 Å². The summed E-state index contributed by atoms with van der Waals surface area (Å²) in [4.78, 5) is 1.22. The summed E-state index contributed by atoms with van der Waals surface area (Å²) in [6.07, 6.45) is 0. The van der Waals surface area contributed by atoms with Crippen LogP contribution in [-0.4, -0.2) is 8.42 Å². The molecule has 1 heterocycles. The molecule has 20 heavy (non-hydrogen) atoms. The first-order valence-electron chi connectivity index (χ1n) is 5.92. The van der Waals surface area contributed by atoms with Crippen LogP contribution in [0.4, 0.5) is 5.69 Å². The average Bonchev–Trinajstić information content (AvgIpc) is 2.77. The van der Waals surface area contributed by atoms with Gasteiger partial charge < -0.3 is 5.32 Å². The zero-order valence-electron chi connectivity index (χ0n) is 11.1. The summed E-state index contributed by atoms with van der Waals surface area (Å²) in [6, 6.07) is 6.45. The van der Waals surface area contributed by atoms with Gasteiger partial charge in [-0.1, -0.05) is 11.6 Å². The standard InChI is InChI=1S/C13H15ClN2O2S2/c1-8-5-6-19-13(8)9(2)16-12-7-10(20(15,17)18)3-4-11(12)14/h3-7,9,16H,1-2H3,(H2,15,17,18). The molecule has 0 amide bonds. The lowest BCUT2D eigenvalue weighted by atomic mass is 10.2. The van der Waals surface area contributed by atoms with Gasteiger partial charge in [0.05, 0.1) is 21.6 Å². The maximum Gasteiger partial charge on any atom is 0.238 e. The van der Waals surface area contributed by atoms with Crippen LogP contribution in [-0.2, 0) is 10.0 Å². The van der Waals surface area contributed by atoms with Gasteiger partial charge in [0.25, 0.3) is 0 Å². The van der Waals surface area contributed by atoms with E-state index < -0.39 is 10.0 Å². The predicted molar refractivity (Wildman–Crippen MR) is 83.9 cm³/mol. The van der Waals surface area contributed by atoms with Crippen LogP contribution in [0, 0.1) is 6.92 Å². The van der Waals surface area contributed by atoms with Gasteiger partial charge in [-0.05, 0) is 49.1 Å². The molecule has 0 aliphatic carbocycles. The number of nitrogens with one attached hydrogen (secondary N) is 1. The molecule has 0 radical (unpaired) electrons. The van der Waals surface area contributed by atoms with Crippen molar-refractivity contribution in [2.24, 2.45) is 5.14 Å². The number of anilines is 1. The van der Waals surface area contributed by atoms with E-state index in [1.165, 1.54) is 28.6 Å². The molecule has 0 saturated heterocycles. The highest BCUT2D eigenvalue weighted by molar-refractivity contribution is 7.89. The maximum absolute atomic E-state index is 11.4. The number of sulfonamides is 1. The second kappa shape index (κ2) is 5.73. The molecule has 0 spiro atoms. The molecule has 1 atom stereocenters. The van der Waals surface area contributed by atoms with Gasteiger partial charge in [0.1, 0.15) is 0 Å². The molecule has 108 valence electrons. The van der Waals surface area contributed by atoms with E-state index >= 15 is 0 Å². The fourth-order valence-corrected chi connectivity index (χ4v) is 3.57. The van der Waals surface area contributed by atoms with Gasteiger partial charge >= 0.3 is 0 Å². The van der Waals surface area contributed by atoms with E-state index in [2.05, 4.69) is 5.32 Å². The highest BCUT2D eigenvalue weighted by atomic mass is 35.5. The third-order valence-electron chi connectivity index (χ3n) is 2.93. The molecule has 0 fully saturated rings. The van der Waals surface area contributed by atoms with Crippen molar-refractivity contribution in [1.29, 1.82) is 0 Å². The molecule has 4 nitrogen and oxygen atoms in total. The molecule has 3 N–H and O–H groups in total. The minimum atomic E-state index is -3.74. The number of halogens is 1. The number of benzene rings is 1. The second-order valence-electron chi connectivity index (χ2n) is 4.52. The fourth-order valence-electron chi connectivity index (χ4n) is 1.92. The molecular formula is C13H15ClN2O2S2. The predicted octanol–water partition coefficient (Wildman–Crippen LogP) is 3.53. The smallest absolute Gasteiger partial charge is 0.238 e. The first-order chi connectivity index (χ1) is 9.29. The van der Waals surface area contributed by atoms with E-state index in [0.717, 1.165) is 0 Å². The maximum atomic E-state index is 11.4. The summed E-state index contributed by atoms with van der Waals surface area (Å²) < 4.78 is 22.7. The van der Waals surface area contributed by atoms with Crippen molar-refractivity contribution in [3.63, 3.8) is 0 Å². The number of nitrogens with two attached hydrogens (primary N) is 1. The van der Waals surface area contributed by atoms with Crippen molar-refractivity contribution < 1.29 is 8.42 Å². The first-order valence-corrected chi connectivity index (χ1v) is 8.72. The Morgan fingerprint density at radius 2 is 2.05 bits per heavy atom. The number of aryl methyl sites for hydroxylation is 1. The number of hydrogen-bond acceptors (Lipinski definition) is 4. The minimum absolute atomic E-state index is 0.0308. The SMILES string of the molecule is Cc1ccsc1C(C)Nc1cc(S(N)(=O)=O)ccc1Cl. The van der Waals surface area contributed by atoms with Gasteiger partial charge in [0.2, 0.25) is 10.0 Å². The normalized spacial score (nSPS) is 13.2. The van der Waals surface area contributed by atoms with Crippen LogP contribution in [0.1, 0.15) is 23.4 Å². The average molecular weight is 331 g/mol. The summed E-state index contributed by atoms with van der Waals surface area (Å²) in [6.45, 7) is 4.03. The summed E-state index contributed by atoms with van der Waals surface area (Å²) >= 11 is 7.74. The van der Waals surface area contributed by atoms with Crippen LogP contribution in [0.25, 0.3) is 0 Å². The quantitative estimate of drug-likeness (QED) is 0.900. The van der Waals surface area contributed by atoms with Crippen LogP contribution >= 0.6 is 22.9 Å². The Balaban J connectivity index is 2.32. The topological polar surface area (TPSA) is 72.2 Å². The zero-order chi connectivity index (χ0) is 14.9. The molecule has 7 heteroatoms. The molecular weight excluding hydrogens is 316 g/mol. The van der Waals surface area contributed by atoms with Crippen molar-refractivity contribution in [2.45, 2.75) is 24.8 Å². The lowest BCUT2D eigenvalue weighted by Crippen LogP contribution is -2.13. The number of hydrogen-bond donors (Lipinski definition) is 2. The van der Waals surface area contributed by atoms with E-state index in [-0.39, 0.29) is 10.9 Å². The van der Waals surface area contributed by atoms with Crippen molar-refractivity contribution >= 4 is 38.6 Å². The third kappa shape index (κ3) is 3.32. The van der Waals surface area contributed by atoms with E-state index in [1.807, 2.05) is 25.3 Å². The Kier molecular flexibility index (Phi) is 4.39. The zero-order valence-corrected chi connectivity index (χ0v) is 13.4. The van der Waals surface area contributed by atoms with E-state index in [9.17, 15) is 8.42 Å². The van der Waals surface area contributed by atoms with Gasteiger partial charge in [-0.25, -0.2) is 13.6 Å². The van der Waals surface area contributed by atoms with Crippen molar-refractivity contribution in [3.05, 3.63) is 45.1 Å². The number of primary sulfonamides is 1. The highest BCUT2D eigenvalue weighted by Crippen LogP contribution is 2.31. The van der Waals surface area contributed by atoms with Crippen LogP contribution in [0.5, 0.6) is 0 Å². The molecule has 0 saturated carbocycles. The second-order valence-corrected chi connectivity index (χ2v) is 7.44. The summed E-state index contributed by atoms with van der Waals surface area (Å²) in [5, 5.41) is 10.8. The minimum Gasteiger partial charge on any atom is -0.376 e. The Morgan fingerprint density at radius 3 is 2.60 bits per heavy atom. The summed E-state index contributed by atoms with van der Waals surface area (Å²) in [5.41, 5.74) is 1.74. The van der Waals surface area contributed by atoms with Crippen molar-refractivity contribution in [3.8, 4) is 0 Å². The Hall–Kier alpha value is -1.08. The molecule has 2 rings (SSSR count). The fraction of sp³-hybridized carbons (Fsp3) is 0.231. The van der Waals surface area contributed by atoms with Gasteiger partial charge in [0.15, 0.2) is 0 Å². The van der Waals surface area contributed by atoms with Crippen molar-refractivity contribution in [2.75, 3.05) is 5.32 Å².